The lowest BCUT2D eigenvalue weighted by Gasteiger charge is -2.32. The molecule has 3 N–H and O–H groups in total. The molecule has 0 radical (unpaired) electrons. The Kier molecular flexibility index (Phi) is 10.6. The summed E-state index contributed by atoms with van der Waals surface area (Å²) in [5.41, 5.74) is 1.48. The SMILES string of the molecule is CCCNC(=O)CN1CCC(NC(=NCc2ccc(F)c(COC)c2)NCC)CC1. The second-order valence-electron chi connectivity index (χ2n) is 7.60. The molecule has 1 fully saturated rings. The van der Waals surface area contributed by atoms with Gasteiger partial charge in [0.05, 0.1) is 19.7 Å². The zero-order valence-electron chi connectivity index (χ0n) is 18.5. The molecule has 0 unspecified atom stereocenters. The molecule has 2 rings (SSSR count). The molecule has 0 aromatic heterocycles. The summed E-state index contributed by atoms with van der Waals surface area (Å²) in [5.74, 6) is 0.601. The lowest BCUT2D eigenvalue weighted by Crippen LogP contribution is -2.50. The van der Waals surface area contributed by atoms with Crippen molar-refractivity contribution in [3.63, 3.8) is 0 Å². The van der Waals surface area contributed by atoms with E-state index in [-0.39, 0.29) is 18.3 Å². The first-order chi connectivity index (χ1) is 14.5. The molecule has 1 saturated heterocycles. The highest BCUT2D eigenvalue weighted by atomic mass is 19.1. The number of rotatable bonds is 10. The van der Waals surface area contributed by atoms with Crippen molar-refractivity contribution in [2.75, 3.05) is 39.8 Å². The van der Waals surface area contributed by atoms with Gasteiger partial charge in [0.2, 0.25) is 5.91 Å². The number of amides is 1. The average Bonchev–Trinajstić information content (AvgIpc) is 2.74. The van der Waals surface area contributed by atoms with Crippen LogP contribution in [0, 0.1) is 5.82 Å². The van der Waals surface area contributed by atoms with Gasteiger partial charge in [-0.05, 0) is 43.9 Å². The topological polar surface area (TPSA) is 78.0 Å². The van der Waals surface area contributed by atoms with Crippen LogP contribution >= 0.6 is 0 Å². The summed E-state index contributed by atoms with van der Waals surface area (Å²) in [4.78, 5) is 18.8. The van der Waals surface area contributed by atoms with Crippen molar-refractivity contribution in [1.82, 2.24) is 20.9 Å². The number of methoxy groups -OCH3 is 1. The minimum Gasteiger partial charge on any atom is -0.380 e. The number of guanidine groups is 1. The van der Waals surface area contributed by atoms with Gasteiger partial charge in [0.25, 0.3) is 0 Å². The number of nitrogens with zero attached hydrogens (tertiary/aromatic N) is 2. The second-order valence-corrected chi connectivity index (χ2v) is 7.60. The molecule has 0 spiro atoms. The van der Waals surface area contributed by atoms with Crippen LogP contribution in [0.3, 0.4) is 0 Å². The van der Waals surface area contributed by atoms with Crippen molar-refractivity contribution < 1.29 is 13.9 Å². The van der Waals surface area contributed by atoms with Gasteiger partial charge in [-0.3, -0.25) is 9.69 Å². The van der Waals surface area contributed by atoms with Crippen LogP contribution in [-0.2, 0) is 22.7 Å². The molecule has 168 valence electrons. The summed E-state index contributed by atoms with van der Waals surface area (Å²) in [6, 6.07) is 5.33. The van der Waals surface area contributed by atoms with Gasteiger partial charge in [-0.2, -0.15) is 0 Å². The van der Waals surface area contributed by atoms with E-state index in [1.54, 1.807) is 19.2 Å². The van der Waals surface area contributed by atoms with Gasteiger partial charge in [0.15, 0.2) is 5.96 Å². The lowest BCUT2D eigenvalue weighted by atomic mass is 10.1. The summed E-state index contributed by atoms with van der Waals surface area (Å²) in [7, 11) is 1.56. The lowest BCUT2D eigenvalue weighted by molar-refractivity contribution is -0.122. The van der Waals surface area contributed by atoms with E-state index in [4.69, 9.17) is 4.74 Å². The summed E-state index contributed by atoms with van der Waals surface area (Å²) >= 11 is 0. The van der Waals surface area contributed by atoms with Crippen LogP contribution in [-0.4, -0.2) is 62.6 Å². The normalized spacial score (nSPS) is 15.8. The maximum Gasteiger partial charge on any atom is 0.234 e. The number of likely N-dealkylation sites (tertiary alicyclic amines) is 1. The van der Waals surface area contributed by atoms with E-state index in [1.807, 2.05) is 6.92 Å². The van der Waals surface area contributed by atoms with Gasteiger partial charge in [-0.1, -0.05) is 13.0 Å². The number of benzene rings is 1. The zero-order valence-corrected chi connectivity index (χ0v) is 18.5. The number of piperidine rings is 1. The monoisotopic (exact) mass is 421 g/mol. The number of nitrogens with one attached hydrogen (secondary N) is 3. The van der Waals surface area contributed by atoms with Crippen LogP contribution in [0.15, 0.2) is 23.2 Å². The third-order valence-corrected chi connectivity index (χ3v) is 5.04. The van der Waals surface area contributed by atoms with Gasteiger partial charge < -0.3 is 20.7 Å². The largest absolute Gasteiger partial charge is 0.380 e. The summed E-state index contributed by atoms with van der Waals surface area (Å²) in [6.07, 6.45) is 2.87. The van der Waals surface area contributed by atoms with Crippen molar-refractivity contribution in [2.45, 2.75) is 52.3 Å². The van der Waals surface area contributed by atoms with Gasteiger partial charge in [0.1, 0.15) is 5.82 Å². The maximum atomic E-state index is 13.8. The van der Waals surface area contributed by atoms with E-state index in [1.165, 1.54) is 6.07 Å². The number of aliphatic imine (C=N–C) groups is 1. The van der Waals surface area contributed by atoms with Crippen LogP contribution in [0.25, 0.3) is 0 Å². The van der Waals surface area contributed by atoms with Crippen LogP contribution in [0.1, 0.15) is 44.2 Å². The first-order valence-corrected chi connectivity index (χ1v) is 10.9. The van der Waals surface area contributed by atoms with Crippen molar-refractivity contribution >= 4 is 11.9 Å². The quantitative estimate of drug-likeness (QED) is 0.398. The predicted molar refractivity (Wildman–Crippen MR) is 118 cm³/mol. The minimum absolute atomic E-state index is 0.102. The van der Waals surface area contributed by atoms with Crippen molar-refractivity contribution in [2.24, 2.45) is 4.99 Å². The van der Waals surface area contributed by atoms with E-state index in [9.17, 15) is 9.18 Å². The number of hydrogen-bond donors (Lipinski definition) is 3. The summed E-state index contributed by atoms with van der Waals surface area (Å²) < 4.78 is 18.8. The zero-order chi connectivity index (χ0) is 21.8. The molecule has 0 saturated carbocycles. The van der Waals surface area contributed by atoms with Gasteiger partial charge in [-0.25, -0.2) is 9.38 Å². The summed E-state index contributed by atoms with van der Waals surface area (Å²) in [6.45, 7) is 8.53. The van der Waals surface area contributed by atoms with Gasteiger partial charge >= 0.3 is 0 Å². The Hall–Kier alpha value is -2.19. The predicted octanol–water partition coefficient (Wildman–Crippen LogP) is 2.02. The highest BCUT2D eigenvalue weighted by Crippen LogP contribution is 2.13. The van der Waals surface area contributed by atoms with Crippen molar-refractivity contribution in [1.29, 1.82) is 0 Å². The Bertz CT molecular complexity index is 690. The Morgan fingerprint density at radius 3 is 2.70 bits per heavy atom. The Morgan fingerprint density at radius 1 is 1.27 bits per heavy atom. The van der Waals surface area contributed by atoms with E-state index in [0.717, 1.165) is 57.0 Å². The van der Waals surface area contributed by atoms with Crippen LogP contribution in [0.5, 0.6) is 0 Å². The molecule has 1 heterocycles. The Labute approximate surface area is 179 Å². The molecular formula is C22H36FN5O2. The highest BCUT2D eigenvalue weighted by molar-refractivity contribution is 5.80. The standard InChI is InChI=1S/C22H36FN5O2/c1-4-10-25-21(29)15-28-11-8-19(9-12-28)27-22(24-5-2)26-14-17-6-7-20(23)18(13-17)16-30-3/h6-7,13,19H,4-5,8-12,14-16H2,1-3H3,(H,25,29)(H2,24,26,27). The number of ether oxygens (including phenoxy) is 1. The average molecular weight is 422 g/mol. The highest BCUT2D eigenvalue weighted by Gasteiger charge is 2.21. The number of halogens is 1. The molecular weight excluding hydrogens is 385 g/mol. The molecule has 0 bridgehead atoms. The Morgan fingerprint density at radius 2 is 2.03 bits per heavy atom. The minimum atomic E-state index is -0.259. The smallest absolute Gasteiger partial charge is 0.234 e. The Balaban J connectivity index is 1.86. The molecule has 1 aliphatic rings. The fraction of sp³-hybridized carbons (Fsp3) is 0.636. The number of hydrogen-bond acceptors (Lipinski definition) is 4. The van der Waals surface area contributed by atoms with Gasteiger partial charge in [-0.15, -0.1) is 0 Å². The molecule has 1 aliphatic heterocycles. The van der Waals surface area contributed by atoms with Crippen molar-refractivity contribution in [3.05, 3.63) is 35.1 Å². The third-order valence-electron chi connectivity index (χ3n) is 5.04. The molecule has 1 aromatic carbocycles. The van der Waals surface area contributed by atoms with Crippen LogP contribution < -0.4 is 16.0 Å². The molecule has 7 nitrogen and oxygen atoms in total. The molecule has 8 heteroatoms. The second kappa shape index (κ2) is 13.2. The first-order valence-electron chi connectivity index (χ1n) is 10.9. The molecule has 0 aliphatic carbocycles. The molecule has 1 aromatic rings. The number of carbonyl (C=O) groups excluding carboxylic acids is 1. The fourth-order valence-electron chi connectivity index (χ4n) is 3.44. The van der Waals surface area contributed by atoms with E-state index in [2.05, 4.69) is 32.8 Å². The summed E-state index contributed by atoms with van der Waals surface area (Å²) in [5, 5.41) is 9.71. The van der Waals surface area contributed by atoms with Gasteiger partial charge in [0, 0.05) is 44.9 Å². The van der Waals surface area contributed by atoms with E-state index in [0.29, 0.717) is 24.7 Å². The number of carbonyl (C=O) groups is 1. The van der Waals surface area contributed by atoms with Crippen LogP contribution in [0.4, 0.5) is 4.39 Å². The molecule has 30 heavy (non-hydrogen) atoms. The molecule has 1 amide bonds. The van der Waals surface area contributed by atoms with E-state index >= 15 is 0 Å². The first kappa shape index (κ1) is 24.1. The third kappa shape index (κ3) is 8.28. The van der Waals surface area contributed by atoms with Crippen LogP contribution in [0.2, 0.25) is 0 Å². The fourth-order valence-corrected chi connectivity index (χ4v) is 3.44. The van der Waals surface area contributed by atoms with Crippen molar-refractivity contribution in [3.8, 4) is 0 Å². The molecule has 0 atom stereocenters. The van der Waals surface area contributed by atoms with E-state index < -0.39 is 0 Å². The maximum absolute atomic E-state index is 13.8.